The fraction of sp³-hybridized carbons (Fsp3) is 0.154. The topological polar surface area (TPSA) is 59.4 Å². The summed E-state index contributed by atoms with van der Waals surface area (Å²) in [5, 5.41) is 11.3. The first-order valence-corrected chi connectivity index (χ1v) is 5.74. The summed E-state index contributed by atoms with van der Waals surface area (Å²) in [4.78, 5) is 4.59. The fourth-order valence-electron chi connectivity index (χ4n) is 1.95. The summed E-state index contributed by atoms with van der Waals surface area (Å²) < 4.78 is 1.84. The Bertz CT molecular complexity index is 667. The molecule has 0 aromatic carbocycles. The lowest BCUT2D eigenvalue weighted by molar-refractivity contribution is 0.807. The van der Waals surface area contributed by atoms with Crippen molar-refractivity contribution < 1.29 is 0 Å². The number of hydrogen-bond acceptors (Lipinski definition) is 3. The molecule has 0 fully saturated rings. The zero-order valence-corrected chi connectivity index (χ0v) is 10.3. The largest absolute Gasteiger partial charge is 0.276 e. The zero-order valence-electron chi connectivity index (χ0n) is 10.3. The molecule has 0 aliphatic carbocycles. The van der Waals surface area contributed by atoms with E-state index < -0.39 is 0 Å². The number of nitrogens with zero attached hydrogens (tertiary/aromatic N) is 4. The SMILES string of the molecule is Cc1cc(C)n(-c2cccc(-c3ccn[nH]3)n2)n1. The van der Waals surface area contributed by atoms with Crippen LogP contribution in [0.1, 0.15) is 11.4 Å². The van der Waals surface area contributed by atoms with Crippen LogP contribution in [-0.2, 0) is 0 Å². The molecule has 0 saturated heterocycles. The predicted molar refractivity (Wildman–Crippen MR) is 68.4 cm³/mol. The van der Waals surface area contributed by atoms with Crippen LogP contribution in [0.25, 0.3) is 17.2 Å². The van der Waals surface area contributed by atoms with Crippen molar-refractivity contribution in [3.8, 4) is 17.2 Å². The second kappa shape index (κ2) is 4.10. The minimum Gasteiger partial charge on any atom is -0.276 e. The van der Waals surface area contributed by atoms with Gasteiger partial charge in [-0.15, -0.1) is 0 Å². The Hall–Kier alpha value is -2.43. The maximum absolute atomic E-state index is 4.59. The molecule has 0 amide bonds. The monoisotopic (exact) mass is 239 g/mol. The Morgan fingerprint density at radius 1 is 1.17 bits per heavy atom. The van der Waals surface area contributed by atoms with E-state index in [4.69, 9.17) is 0 Å². The highest BCUT2D eigenvalue weighted by Crippen LogP contribution is 2.16. The Labute approximate surface area is 104 Å². The molecule has 5 nitrogen and oxygen atoms in total. The molecule has 5 heteroatoms. The molecule has 0 aliphatic rings. The molecule has 3 heterocycles. The molecule has 3 aromatic rings. The zero-order chi connectivity index (χ0) is 12.5. The highest BCUT2D eigenvalue weighted by atomic mass is 15.3. The summed E-state index contributed by atoms with van der Waals surface area (Å²) >= 11 is 0. The number of nitrogens with one attached hydrogen (secondary N) is 1. The summed E-state index contributed by atoms with van der Waals surface area (Å²) in [7, 11) is 0. The maximum Gasteiger partial charge on any atom is 0.154 e. The van der Waals surface area contributed by atoms with E-state index in [1.54, 1.807) is 6.20 Å². The number of aromatic nitrogens is 5. The lowest BCUT2D eigenvalue weighted by Crippen LogP contribution is -2.02. The van der Waals surface area contributed by atoms with Crippen molar-refractivity contribution in [3.63, 3.8) is 0 Å². The quantitative estimate of drug-likeness (QED) is 0.746. The second-order valence-corrected chi connectivity index (χ2v) is 4.19. The average molecular weight is 239 g/mol. The van der Waals surface area contributed by atoms with Gasteiger partial charge >= 0.3 is 0 Å². The van der Waals surface area contributed by atoms with Gasteiger partial charge in [-0.2, -0.15) is 10.2 Å². The number of H-pyrrole nitrogens is 1. The molecule has 3 aromatic heterocycles. The molecule has 3 rings (SSSR count). The highest BCUT2D eigenvalue weighted by molar-refractivity contribution is 5.54. The summed E-state index contributed by atoms with van der Waals surface area (Å²) in [6.45, 7) is 3.99. The van der Waals surface area contributed by atoms with Crippen LogP contribution in [-0.4, -0.2) is 25.0 Å². The molecule has 18 heavy (non-hydrogen) atoms. The van der Waals surface area contributed by atoms with Crippen molar-refractivity contribution >= 4 is 0 Å². The Balaban J connectivity index is 2.09. The van der Waals surface area contributed by atoms with E-state index in [1.807, 2.05) is 48.9 Å². The first kappa shape index (κ1) is 10.7. The van der Waals surface area contributed by atoms with Crippen LogP contribution in [0.2, 0.25) is 0 Å². The summed E-state index contributed by atoms with van der Waals surface area (Å²) in [6, 6.07) is 9.79. The number of hydrogen-bond donors (Lipinski definition) is 1. The van der Waals surface area contributed by atoms with Gasteiger partial charge in [0.15, 0.2) is 5.82 Å². The van der Waals surface area contributed by atoms with Crippen molar-refractivity contribution in [1.82, 2.24) is 25.0 Å². The van der Waals surface area contributed by atoms with Gasteiger partial charge in [-0.05, 0) is 38.1 Å². The first-order chi connectivity index (χ1) is 8.74. The minimum atomic E-state index is 0.813. The van der Waals surface area contributed by atoms with E-state index in [0.717, 1.165) is 28.6 Å². The third-order valence-electron chi connectivity index (χ3n) is 2.74. The summed E-state index contributed by atoms with van der Waals surface area (Å²) in [6.07, 6.45) is 1.72. The standard InChI is InChI=1S/C13H13N5/c1-9-8-10(2)18(17-9)13-5-3-4-11(15-13)12-6-7-14-16-12/h3-8H,1-2H3,(H,14,16). The third-order valence-corrected chi connectivity index (χ3v) is 2.74. The molecule has 0 radical (unpaired) electrons. The molecule has 0 aliphatic heterocycles. The first-order valence-electron chi connectivity index (χ1n) is 5.74. The molecule has 0 saturated carbocycles. The Kier molecular flexibility index (Phi) is 2.44. The van der Waals surface area contributed by atoms with Gasteiger partial charge in [0.1, 0.15) is 0 Å². The highest BCUT2D eigenvalue weighted by Gasteiger charge is 2.07. The second-order valence-electron chi connectivity index (χ2n) is 4.19. The molecule has 1 N–H and O–H groups in total. The van der Waals surface area contributed by atoms with Gasteiger partial charge in [-0.3, -0.25) is 5.10 Å². The van der Waals surface area contributed by atoms with Crippen LogP contribution in [0.15, 0.2) is 36.5 Å². The molecule has 0 spiro atoms. The van der Waals surface area contributed by atoms with Gasteiger partial charge in [0.05, 0.1) is 17.1 Å². The lowest BCUT2D eigenvalue weighted by Gasteiger charge is -2.04. The average Bonchev–Trinajstić information content (AvgIpc) is 2.99. The lowest BCUT2D eigenvalue weighted by atomic mass is 10.3. The predicted octanol–water partition coefficient (Wildman–Crippen LogP) is 2.27. The Morgan fingerprint density at radius 2 is 2.06 bits per heavy atom. The number of aryl methyl sites for hydroxylation is 2. The van der Waals surface area contributed by atoms with Crippen LogP contribution < -0.4 is 0 Å². The molecule has 0 unspecified atom stereocenters. The number of pyridine rings is 1. The van der Waals surface area contributed by atoms with Crippen molar-refractivity contribution in [2.24, 2.45) is 0 Å². The maximum atomic E-state index is 4.59. The number of rotatable bonds is 2. The summed E-state index contributed by atoms with van der Waals surface area (Å²) in [5.74, 6) is 0.813. The van der Waals surface area contributed by atoms with Gasteiger partial charge in [-0.25, -0.2) is 9.67 Å². The minimum absolute atomic E-state index is 0.813. The third kappa shape index (κ3) is 1.79. The molecule has 0 bridgehead atoms. The summed E-state index contributed by atoms with van der Waals surface area (Å²) in [5.41, 5.74) is 3.82. The van der Waals surface area contributed by atoms with Crippen LogP contribution >= 0.6 is 0 Å². The van der Waals surface area contributed by atoms with Crippen LogP contribution in [0.5, 0.6) is 0 Å². The van der Waals surface area contributed by atoms with Crippen molar-refractivity contribution in [2.45, 2.75) is 13.8 Å². The van der Waals surface area contributed by atoms with Gasteiger partial charge in [0, 0.05) is 11.9 Å². The Morgan fingerprint density at radius 3 is 2.72 bits per heavy atom. The molecular weight excluding hydrogens is 226 g/mol. The van der Waals surface area contributed by atoms with E-state index in [-0.39, 0.29) is 0 Å². The van der Waals surface area contributed by atoms with Gasteiger partial charge in [0.2, 0.25) is 0 Å². The van der Waals surface area contributed by atoms with E-state index in [2.05, 4.69) is 20.3 Å². The van der Waals surface area contributed by atoms with Crippen molar-refractivity contribution in [1.29, 1.82) is 0 Å². The smallest absolute Gasteiger partial charge is 0.154 e. The number of aromatic amines is 1. The van der Waals surface area contributed by atoms with Crippen molar-refractivity contribution in [3.05, 3.63) is 47.9 Å². The fourth-order valence-corrected chi connectivity index (χ4v) is 1.95. The van der Waals surface area contributed by atoms with E-state index >= 15 is 0 Å². The van der Waals surface area contributed by atoms with Crippen molar-refractivity contribution in [2.75, 3.05) is 0 Å². The molecule has 0 atom stereocenters. The van der Waals surface area contributed by atoms with E-state index in [0.29, 0.717) is 0 Å². The van der Waals surface area contributed by atoms with E-state index in [1.165, 1.54) is 0 Å². The van der Waals surface area contributed by atoms with Gasteiger partial charge in [-0.1, -0.05) is 6.07 Å². The normalized spacial score (nSPS) is 10.8. The van der Waals surface area contributed by atoms with Crippen LogP contribution in [0.3, 0.4) is 0 Å². The van der Waals surface area contributed by atoms with Crippen LogP contribution in [0.4, 0.5) is 0 Å². The molecular formula is C13H13N5. The van der Waals surface area contributed by atoms with Gasteiger partial charge < -0.3 is 0 Å². The van der Waals surface area contributed by atoms with E-state index in [9.17, 15) is 0 Å². The molecule has 90 valence electrons. The van der Waals surface area contributed by atoms with Gasteiger partial charge in [0.25, 0.3) is 0 Å². The van der Waals surface area contributed by atoms with Crippen LogP contribution in [0, 0.1) is 13.8 Å².